The average molecular weight is 212 g/mol. The van der Waals surface area contributed by atoms with Gasteiger partial charge in [-0.1, -0.05) is 20.3 Å². The zero-order chi connectivity index (χ0) is 11.5. The van der Waals surface area contributed by atoms with Crippen LogP contribution in [0, 0.1) is 5.41 Å². The Hall–Kier alpha value is -0.570. The van der Waals surface area contributed by atoms with Crippen LogP contribution in [0.5, 0.6) is 0 Å². The van der Waals surface area contributed by atoms with Gasteiger partial charge in [-0.05, 0) is 24.7 Å². The number of nitrogens with zero attached hydrogens (tertiary/aromatic N) is 1. The molecule has 1 aliphatic rings. The van der Waals surface area contributed by atoms with Crippen LogP contribution in [-0.4, -0.2) is 37.5 Å². The van der Waals surface area contributed by atoms with E-state index in [9.17, 15) is 4.79 Å². The second kappa shape index (κ2) is 4.97. The van der Waals surface area contributed by atoms with E-state index in [0.29, 0.717) is 18.0 Å². The maximum Gasteiger partial charge on any atom is 0.236 e. The van der Waals surface area contributed by atoms with Crippen LogP contribution < -0.4 is 5.32 Å². The number of hydrogen-bond donors (Lipinski definition) is 1. The van der Waals surface area contributed by atoms with E-state index in [1.54, 1.807) is 19.0 Å². The van der Waals surface area contributed by atoms with Crippen LogP contribution in [-0.2, 0) is 4.79 Å². The molecule has 0 aliphatic heterocycles. The molecule has 0 saturated heterocycles. The lowest BCUT2D eigenvalue weighted by atomic mass is 9.75. The molecule has 3 nitrogen and oxygen atoms in total. The quantitative estimate of drug-likeness (QED) is 0.771. The average Bonchev–Trinajstić information content (AvgIpc) is 2.12. The fourth-order valence-corrected chi connectivity index (χ4v) is 2.26. The maximum absolute atomic E-state index is 11.4. The molecule has 1 saturated carbocycles. The number of nitrogens with one attached hydrogen (secondary N) is 1. The van der Waals surface area contributed by atoms with Gasteiger partial charge in [0.15, 0.2) is 0 Å². The van der Waals surface area contributed by atoms with Gasteiger partial charge in [0.05, 0.1) is 6.54 Å². The third kappa shape index (κ3) is 4.20. The predicted molar refractivity (Wildman–Crippen MR) is 62.7 cm³/mol. The first-order valence-electron chi connectivity index (χ1n) is 5.84. The van der Waals surface area contributed by atoms with Gasteiger partial charge in [0.2, 0.25) is 5.91 Å². The summed E-state index contributed by atoms with van der Waals surface area (Å²) in [6, 6.07) is 0.526. The number of carbonyl (C=O) groups excluding carboxylic acids is 1. The van der Waals surface area contributed by atoms with E-state index in [4.69, 9.17) is 0 Å². The minimum atomic E-state index is 0.165. The molecule has 1 aliphatic carbocycles. The summed E-state index contributed by atoms with van der Waals surface area (Å²) in [7, 11) is 3.60. The number of carbonyl (C=O) groups is 1. The fraction of sp³-hybridized carbons (Fsp3) is 0.917. The van der Waals surface area contributed by atoms with E-state index in [-0.39, 0.29) is 5.91 Å². The van der Waals surface area contributed by atoms with Crippen molar-refractivity contribution in [3.63, 3.8) is 0 Å². The first-order valence-corrected chi connectivity index (χ1v) is 5.84. The predicted octanol–water partition coefficient (Wildman–Crippen LogP) is 1.63. The SMILES string of the molecule is CN(C)C(=O)CN[C@H]1CCCC(C)(C)C1. The van der Waals surface area contributed by atoms with Gasteiger partial charge < -0.3 is 10.2 Å². The molecule has 0 unspecified atom stereocenters. The van der Waals surface area contributed by atoms with Crippen LogP contribution in [0.3, 0.4) is 0 Å². The molecular formula is C12H24N2O. The van der Waals surface area contributed by atoms with E-state index in [1.165, 1.54) is 25.7 Å². The standard InChI is InChI=1S/C12H24N2O/c1-12(2)7-5-6-10(8-12)13-9-11(15)14(3)4/h10,13H,5-9H2,1-4H3/t10-/m0/s1. The first-order chi connectivity index (χ1) is 6.91. The minimum absolute atomic E-state index is 0.165. The van der Waals surface area contributed by atoms with Gasteiger partial charge >= 0.3 is 0 Å². The van der Waals surface area contributed by atoms with E-state index in [1.807, 2.05) is 0 Å². The summed E-state index contributed by atoms with van der Waals surface area (Å²) in [4.78, 5) is 13.1. The van der Waals surface area contributed by atoms with Crippen molar-refractivity contribution in [2.45, 2.75) is 45.6 Å². The van der Waals surface area contributed by atoms with Crippen LogP contribution in [0.1, 0.15) is 39.5 Å². The van der Waals surface area contributed by atoms with Crippen molar-refractivity contribution in [2.75, 3.05) is 20.6 Å². The lowest BCUT2D eigenvalue weighted by Crippen LogP contribution is -2.42. The summed E-state index contributed by atoms with van der Waals surface area (Å²) < 4.78 is 0. The topological polar surface area (TPSA) is 32.3 Å². The largest absolute Gasteiger partial charge is 0.348 e. The van der Waals surface area contributed by atoms with Crippen LogP contribution in [0.15, 0.2) is 0 Å². The third-order valence-electron chi connectivity index (χ3n) is 3.25. The smallest absolute Gasteiger partial charge is 0.236 e. The van der Waals surface area contributed by atoms with Gasteiger partial charge in [-0.2, -0.15) is 0 Å². The van der Waals surface area contributed by atoms with Crippen molar-refractivity contribution in [3.8, 4) is 0 Å². The molecule has 1 atom stereocenters. The van der Waals surface area contributed by atoms with Gasteiger partial charge in [0.1, 0.15) is 0 Å². The van der Waals surface area contributed by atoms with Crippen molar-refractivity contribution < 1.29 is 4.79 Å². The van der Waals surface area contributed by atoms with Crippen LogP contribution in [0.2, 0.25) is 0 Å². The molecule has 1 rings (SSSR count). The van der Waals surface area contributed by atoms with Crippen LogP contribution >= 0.6 is 0 Å². The van der Waals surface area contributed by atoms with Gasteiger partial charge in [-0.15, -0.1) is 0 Å². The highest BCUT2D eigenvalue weighted by atomic mass is 16.2. The summed E-state index contributed by atoms with van der Waals surface area (Å²) >= 11 is 0. The molecule has 0 aromatic heterocycles. The Morgan fingerprint density at radius 3 is 2.67 bits per heavy atom. The molecule has 0 aromatic carbocycles. The maximum atomic E-state index is 11.4. The lowest BCUT2D eigenvalue weighted by Gasteiger charge is -2.35. The fourth-order valence-electron chi connectivity index (χ4n) is 2.26. The van der Waals surface area contributed by atoms with E-state index < -0.39 is 0 Å². The summed E-state index contributed by atoms with van der Waals surface area (Å²) in [5, 5.41) is 3.37. The van der Waals surface area contributed by atoms with E-state index in [2.05, 4.69) is 19.2 Å². The van der Waals surface area contributed by atoms with Gasteiger partial charge in [0, 0.05) is 20.1 Å². The molecule has 1 fully saturated rings. The molecule has 1 N–H and O–H groups in total. The normalized spacial score (nSPS) is 24.9. The summed E-state index contributed by atoms with van der Waals surface area (Å²) in [6.07, 6.45) is 4.99. The Kier molecular flexibility index (Phi) is 4.14. The zero-order valence-corrected chi connectivity index (χ0v) is 10.5. The number of hydrogen-bond acceptors (Lipinski definition) is 2. The summed E-state index contributed by atoms with van der Waals surface area (Å²) in [5.41, 5.74) is 0.442. The van der Waals surface area contributed by atoms with Crippen LogP contribution in [0.4, 0.5) is 0 Å². The molecule has 3 heteroatoms. The van der Waals surface area contributed by atoms with E-state index >= 15 is 0 Å². The van der Waals surface area contributed by atoms with Crippen LogP contribution in [0.25, 0.3) is 0 Å². The number of likely N-dealkylation sites (N-methyl/N-ethyl adjacent to an activating group) is 1. The van der Waals surface area contributed by atoms with Gasteiger partial charge in [-0.3, -0.25) is 4.79 Å². The Labute approximate surface area is 93.2 Å². The molecule has 0 aromatic rings. The molecule has 0 spiro atoms. The van der Waals surface area contributed by atoms with Crippen molar-refractivity contribution in [1.82, 2.24) is 10.2 Å². The van der Waals surface area contributed by atoms with Gasteiger partial charge in [0.25, 0.3) is 0 Å². The Morgan fingerprint density at radius 2 is 2.13 bits per heavy atom. The Bertz CT molecular complexity index is 224. The molecule has 1 amide bonds. The van der Waals surface area contributed by atoms with Gasteiger partial charge in [-0.25, -0.2) is 0 Å². The van der Waals surface area contributed by atoms with Crippen molar-refractivity contribution >= 4 is 5.91 Å². The second-order valence-electron chi connectivity index (χ2n) is 5.63. The lowest BCUT2D eigenvalue weighted by molar-refractivity contribution is -0.127. The monoisotopic (exact) mass is 212 g/mol. The highest BCUT2D eigenvalue weighted by Gasteiger charge is 2.27. The molecular weight excluding hydrogens is 188 g/mol. The highest BCUT2D eigenvalue weighted by Crippen LogP contribution is 2.34. The highest BCUT2D eigenvalue weighted by molar-refractivity contribution is 5.77. The number of rotatable bonds is 3. The molecule has 0 heterocycles. The Balaban J connectivity index is 2.30. The summed E-state index contributed by atoms with van der Waals surface area (Å²) in [5.74, 6) is 0.165. The second-order valence-corrected chi connectivity index (χ2v) is 5.63. The number of amides is 1. The minimum Gasteiger partial charge on any atom is -0.348 e. The van der Waals surface area contributed by atoms with Crippen molar-refractivity contribution in [3.05, 3.63) is 0 Å². The summed E-state index contributed by atoms with van der Waals surface area (Å²) in [6.45, 7) is 5.11. The Morgan fingerprint density at radius 1 is 1.47 bits per heavy atom. The molecule has 15 heavy (non-hydrogen) atoms. The molecule has 0 radical (unpaired) electrons. The third-order valence-corrected chi connectivity index (χ3v) is 3.25. The zero-order valence-electron chi connectivity index (χ0n) is 10.5. The first kappa shape index (κ1) is 12.5. The van der Waals surface area contributed by atoms with Crippen molar-refractivity contribution in [1.29, 1.82) is 0 Å². The molecule has 0 bridgehead atoms. The molecule has 88 valence electrons. The van der Waals surface area contributed by atoms with E-state index in [0.717, 1.165) is 0 Å². The van der Waals surface area contributed by atoms with Crippen molar-refractivity contribution in [2.24, 2.45) is 5.41 Å².